The molecule has 4 rings (SSSR count). The standard InChI is InChI=1S/C23H24S/c1-5-23(6-2)20-13-15(3)7-10-18(20)19-11-9-17(14-21(19)23)22-12-8-16(4)24-22/h7-14H,5-6H2,1-4H3. The van der Waals surface area contributed by atoms with Crippen molar-refractivity contribution in [2.45, 2.75) is 46.0 Å². The molecule has 1 aliphatic rings. The van der Waals surface area contributed by atoms with Crippen LogP contribution in [0.15, 0.2) is 48.5 Å². The van der Waals surface area contributed by atoms with Gasteiger partial charge in [-0.1, -0.05) is 49.7 Å². The number of benzene rings is 2. The van der Waals surface area contributed by atoms with Gasteiger partial charge in [0, 0.05) is 15.2 Å². The van der Waals surface area contributed by atoms with E-state index in [0.29, 0.717) is 0 Å². The Morgan fingerprint density at radius 2 is 1.46 bits per heavy atom. The van der Waals surface area contributed by atoms with Crippen LogP contribution < -0.4 is 0 Å². The molecule has 1 heteroatoms. The molecule has 24 heavy (non-hydrogen) atoms. The third-order valence-corrected chi connectivity index (χ3v) is 6.80. The van der Waals surface area contributed by atoms with Gasteiger partial charge < -0.3 is 0 Å². The molecule has 0 N–H and O–H groups in total. The van der Waals surface area contributed by atoms with Gasteiger partial charge in [-0.05, 0) is 72.7 Å². The summed E-state index contributed by atoms with van der Waals surface area (Å²) in [7, 11) is 0. The normalized spacial score (nSPS) is 14.5. The first-order valence-electron chi connectivity index (χ1n) is 8.92. The van der Waals surface area contributed by atoms with Crippen LogP contribution in [0.2, 0.25) is 0 Å². The molecule has 0 radical (unpaired) electrons. The second-order valence-electron chi connectivity index (χ2n) is 7.01. The van der Waals surface area contributed by atoms with Gasteiger partial charge >= 0.3 is 0 Å². The van der Waals surface area contributed by atoms with Crippen molar-refractivity contribution in [3.8, 4) is 21.6 Å². The molecule has 1 aliphatic carbocycles. The van der Waals surface area contributed by atoms with Crippen molar-refractivity contribution >= 4 is 11.3 Å². The van der Waals surface area contributed by atoms with Gasteiger partial charge in [-0.3, -0.25) is 0 Å². The highest BCUT2D eigenvalue weighted by Crippen LogP contribution is 2.53. The number of hydrogen-bond donors (Lipinski definition) is 0. The molecule has 0 saturated heterocycles. The summed E-state index contributed by atoms with van der Waals surface area (Å²) in [5.41, 5.74) is 8.82. The van der Waals surface area contributed by atoms with Gasteiger partial charge in [-0.2, -0.15) is 0 Å². The molecular weight excluding hydrogens is 308 g/mol. The summed E-state index contributed by atoms with van der Waals surface area (Å²) in [6.07, 6.45) is 2.31. The maximum absolute atomic E-state index is 2.46. The van der Waals surface area contributed by atoms with Crippen LogP contribution >= 0.6 is 11.3 Å². The van der Waals surface area contributed by atoms with Crippen molar-refractivity contribution in [2.24, 2.45) is 0 Å². The molecule has 0 unspecified atom stereocenters. The largest absolute Gasteiger partial charge is 0.141 e. The topological polar surface area (TPSA) is 0 Å². The lowest BCUT2D eigenvalue weighted by molar-refractivity contribution is 0.490. The zero-order chi connectivity index (χ0) is 16.9. The molecule has 0 bridgehead atoms. The summed E-state index contributed by atoms with van der Waals surface area (Å²) in [5, 5.41) is 0. The molecule has 3 aromatic rings. The Morgan fingerprint density at radius 1 is 0.792 bits per heavy atom. The van der Waals surface area contributed by atoms with Crippen molar-refractivity contribution in [2.75, 3.05) is 0 Å². The fraction of sp³-hybridized carbons (Fsp3) is 0.304. The molecule has 1 heterocycles. The van der Waals surface area contributed by atoms with E-state index >= 15 is 0 Å². The third-order valence-electron chi connectivity index (χ3n) is 5.75. The Bertz CT molecular complexity index is 910. The molecule has 0 saturated carbocycles. The highest BCUT2D eigenvalue weighted by molar-refractivity contribution is 7.15. The van der Waals surface area contributed by atoms with Crippen molar-refractivity contribution in [1.29, 1.82) is 0 Å². The van der Waals surface area contributed by atoms with Gasteiger partial charge in [-0.25, -0.2) is 0 Å². The quantitative estimate of drug-likeness (QED) is 0.479. The average Bonchev–Trinajstić information content (AvgIpc) is 3.14. The molecule has 0 nitrogen and oxygen atoms in total. The van der Waals surface area contributed by atoms with E-state index in [4.69, 9.17) is 0 Å². The van der Waals surface area contributed by atoms with E-state index in [9.17, 15) is 0 Å². The fourth-order valence-corrected chi connectivity index (χ4v) is 5.23. The van der Waals surface area contributed by atoms with Crippen LogP contribution in [-0.2, 0) is 5.41 Å². The third kappa shape index (κ3) is 2.11. The van der Waals surface area contributed by atoms with E-state index in [1.54, 1.807) is 0 Å². The minimum Gasteiger partial charge on any atom is -0.141 e. The molecule has 0 amide bonds. The summed E-state index contributed by atoms with van der Waals surface area (Å²) in [6.45, 7) is 9.07. The van der Waals surface area contributed by atoms with Gasteiger partial charge in [0.15, 0.2) is 0 Å². The lowest BCUT2D eigenvalue weighted by Gasteiger charge is -2.30. The van der Waals surface area contributed by atoms with Crippen LogP contribution in [0.3, 0.4) is 0 Å². The monoisotopic (exact) mass is 332 g/mol. The van der Waals surface area contributed by atoms with E-state index in [2.05, 4.69) is 76.2 Å². The molecule has 122 valence electrons. The molecule has 0 aliphatic heterocycles. The van der Waals surface area contributed by atoms with Gasteiger partial charge in [0.2, 0.25) is 0 Å². The Hall–Kier alpha value is -1.86. The molecule has 0 atom stereocenters. The van der Waals surface area contributed by atoms with Crippen LogP contribution in [0.25, 0.3) is 21.6 Å². The van der Waals surface area contributed by atoms with E-state index in [0.717, 1.165) is 12.8 Å². The van der Waals surface area contributed by atoms with Gasteiger partial charge in [0.05, 0.1) is 0 Å². The number of hydrogen-bond acceptors (Lipinski definition) is 1. The van der Waals surface area contributed by atoms with Gasteiger partial charge in [0.1, 0.15) is 0 Å². The fourth-order valence-electron chi connectivity index (χ4n) is 4.36. The molecule has 0 fully saturated rings. The van der Waals surface area contributed by atoms with Crippen LogP contribution in [0.1, 0.15) is 48.3 Å². The first-order valence-corrected chi connectivity index (χ1v) is 9.73. The summed E-state index contributed by atoms with van der Waals surface area (Å²) < 4.78 is 0. The lowest BCUT2D eigenvalue weighted by atomic mass is 9.73. The van der Waals surface area contributed by atoms with Crippen LogP contribution in [-0.4, -0.2) is 0 Å². The predicted octanol–water partition coefficient (Wildman–Crippen LogP) is 7.12. The minimum atomic E-state index is 0.166. The Kier molecular flexibility index (Phi) is 3.65. The van der Waals surface area contributed by atoms with E-state index in [1.807, 2.05) is 11.3 Å². The second-order valence-corrected chi connectivity index (χ2v) is 8.30. The van der Waals surface area contributed by atoms with Crippen molar-refractivity contribution in [3.63, 3.8) is 0 Å². The first kappa shape index (κ1) is 15.7. The predicted molar refractivity (Wildman–Crippen MR) is 106 cm³/mol. The molecule has 2 aromatic carbocycles. The summed E-state index contributed by atoms with van der Waals surface area (Å²) in [4.78, 5) is 2.75. The summed E-state index contributed by atoms with van der Waals surface area (Å²) >= 11 is 1.89. The van der Waals surface area contributed by atoms with E-state index in [-0.39, 0.29) is 5.41 Å². The van der Waals surface area contributed by atoms with Crippen LogP contribution in [0.5, 0.6) is 0 Å². The Labute approximate surface area is 149 Å². The number of fused-ring (bicyclic) bond motifs is 3. The molecular formula is C23H24S. The Morgan fingerprint density at radius 3 is 2.08 bits per heavy atom. The first-order chi connectivity index (χ1) is 11.6. The SMILES string of the molecule is CCC1(CC)c2cc(C)ccc2-c2ccc(-c3ccc(C)s3)cc21. The average molecular weight is 333 g/mol. The number of thiophene rings is 1. The number of rotatable bonds is 3. The van der Waals surface area contributed by atoms with Gasteiger partial charge in [0.25, 0.3) is 0 Å². The maximum Gasteiger partial charge on any atom is 0.0345 e. The smallest absolute Gasteiger partial charge is 0.0345 e. The highest BCUT2D eigenvalue weighted by Gasteiger charge is 2.40. The molecule has 0 spiro atoms. The zero-order valence-electron chi connectivity index (χ0n) is 14.9. The van der Waals surface area contributed by atoms with Crippen molar-refractivity contribution in [3.05, 3.63) is 70.1 Å². The van der Waals surface area contributed by atoms with E-state index in [1.165, 1.54) is 43.1 Å². The molecule has 1 aromatic heterocycles. The minimum absolute atomic E-state index is 0.166. The lowest BCUT2D eigenvalue weighted by Crippen LogP contribution is -2.23. The van der Waals surface area contributed by atoms with E-state index < -0.39 is 0 Å². The maximum atomic E-state index is 2.46. The second kappa shape index (κ2) is 5.60. The van der Waals surface area contributed by atoms with Crippen LogP contribution in [0, 0.1) is 13.8 Å². The van der Waals surface area contributed by atoms with Crippen LogP contribution in [0.4, 0.5) is 0 Å². The van der Waals surface area contributed by atoms with Crippen molar-refractivity contribution < 1.29 is 0 Å². The summed E-state index contributed by atoms with van der Waals surface area (Å²) in [5.74, 6) is 0. The highest BCUT2D eigenvalue weighted by atomic mass is 32.1. The van der Waals surface area contributed by atoms with Crippen molar-refractivity contribution in [1.82, 2.24) is 0 Å². The van der Waals surface area contributed by atoms with Gasteiger partial charge in [-0.15, -0.1) is 11.3 Å². The zero-order valence-corrected chi connectivity index (χ0v) is 15.8. The Balaban J connectivity index is 1.97. The number of aryl methyl sites for hydroxylation is 2. The summed E-state index contributed by atoms with van der Waals surface area (Å²) in [6, 6.07) is 18.6.